The lowest BCUT2D eigenvalue weighted by atomic mass is 9.92. The minimum Gasteiger partial charge on any atom is -0.481 e. The molecule has 0 unspecified atom stereocenters. The fourth-order valence-corrected chi connectivity index (χ4v) is 1.17. The van der Waals surface area contributed by atoms with Crippen LogP contribution >= 0.6 is 0 Å². The Balaban J connectivity index is 4.09. The molecule has 4 amide bonds. The lowest BCUT2D eigenvalue weighted by molar-refractivity contribution is -0.138. The summed E-state index contributed by atoms with van der Waals surface area (Å²) in [4.78, 5) is 44.2. The van der Waals surface area contributed by atoms with E-state index in [0.29, 0.717) is 0 Å². The van der Waals surface area contributed by atoms with Gasteiger partial charge in [0.05, 0.1) is 11.8 Å². The number of carboxylic acids is 1. The van der Waals surface area contributed by atoms with Crippen LogP contribution in [-0.2, 0) is 14.4 Å². The lowest BCUT2D eigenvalue weighted by Crippen LogP contribution is -2.47. The molecule has 0 spiro atoms. The van der Waals surface area contributed by atoms with Crippen molar-refractivity contribution in [2.45, 2.75) is 26.7 Å². The normalized spacial score (nSPS) is 10.5. The number of aliphatic carboxylic acids is 1. The Kier molecular flexibility index (Phi) is 6.53. The molecule has 0 rings (SSSR count). The van der Waals surface area contributed by atoms with E-state index in [1.165, 1.54) is 7.05 Å². The SMILES string of the molecule is CNC(=O)C(C)(C)CNC(=O)NC(=O)CCC(=O)O. The van der Waals surface area contributed by atoms with Crippen LogP contribution in [0, 0.1) is 5.41 Å². The van der Waals surface area contributed by atoms with Crippen molar-refractivity contribution >= 4 is 23.8 Å². The van der Waals surface area contributed by atoms with Crippen LogP contribution in [-0.4, -0.2) is 42.5 Å². The van der Waals surface area contributed by atoms with E-state index in [0.717, 1.165) is 0 Å². The Bertz CT molecular complexity index is 379. The number of carboxylic acid groups (broad SMARTS) is 1. The smallest absolute Gasteiger partial charge is 0.321 e. The summed E-state index contributed by atoms with van der Waals surface area (Å²) >= 11 is 0. The molecule has 0 aromatic heterocycles. The molecule has 8 heteroatoms. The summed E-state index contributed by atoms with van der Waals surface area (Å²) in [5.41, 5.74) is -0.809. The average Bonchev–Trinajstić information content (AvgIpc) is 2.33. The highest BCUT2D eigenvalue weighted by molar-refractivity contribution is 5.95. The molecule has 0 aliphatic heterocycles. The molecular formula is C11H19N3O5. The quantitative estimate of drug-likeness (QED) is 0.517. The van der Waals surface area contributed by atoms with E-state index in [4.69, 9.17) is 5.11 Å². The Hall–Kier alpha value is -2.12. The van der Waals surface area contributed by atoms with Gasteiger partial charge in [0.15, 0.2) is 0 Å². The fourth-order valence-electron chi connectivity index (χ4n) is 1.17. The number of carbonyl (C=O) groups is 4. The molecule has 0 saturated heterocycles. The lowest BCUT2D eigenvalue weighted by Gasteiger charge is -2.22. The summed E-state index contributed by atoms with van der Waals surface area (Å²) in [5, 5.41) is 15.2. The van der Waals surface area contributed by atoms with E-state index in [1.54, 1.807) is 13.8 Å². The minimum atomic E-state index is -1.11. The molecule has 0 aliphatic rings. The number of hydrogen-bond donors (Lipinski definition) is 4. The predicted octanol–water partition coefficient (Wildman–Crippen LogP) is -0.551. The van der Waals surface area contributed by atoms with Crippen LogP contribution in [0.15, 0.2) is 0 Å². The Morgan fingerprint density at radius 2 is 1.68 bits per heavy atom. The van der Waals surface area contributed by atoms with Gasteiger partial charge in [0.25, 0.3) is 0 Å². The number of urea groups is 1. The molecule has 8 nitrogen and oxygen atoms in total. The van der Waals surface area contributed by atoms with Crippen LogP contribution in [0.4, 0.5) is 4.79 Å². The fraction of sp³-hybridized carbons (Fsp3) is 0.636. The summed E-state index contributed by atoms with van der Waals surface area (Å²) < 4.78 is 0. The van der Waals surface area contributed by atoms with Crippen molar-refractivity contribution in [3.05, 3.63) is 0 Å². The summed E-state index contributed by atoms with van der Waals surface area (Å²) in [5.74, 6) is -2.04. The number of amides is 4. The van der Waals surface area contributed by atoms with Gasteiger partial charge in [0.2, 0.25) is 11.8 Å². The van der Waals surface area contributed by atoms with Gasteiger partial charge in [-0.05, 0) is 13.8 Å². The molecular weight excluding hydrogens is 254 g/mol. The van der Waals surface area contributed by atoms with Gasteiger partial charge < -0.3 is 15.7 Å². The first-order valence-corrected chi connectivity index (χ1v) is 5.70. The van der Waals surface area contributed by atoms with Crippen molar-refractivity contribution in [3.63, 3.8) is 0 Å². The van der Waals surface area contributed by atoms with Crippen molar-refractivity contribution < 1.29 is 24.3 Å². The van der Waals surface area contributed by atoms with Crippen LogP contribution in [0.3, 0.4) is 0 Å². The molecule has 0 fully saturated rings. The third kappa shape index (κ3) is 7.02. The minimum absolute atomic E-state index is 0.0463. The van der Waals surface area contributed by atoms with Gasteiger partial charge in [-0.25, -0.2) is 4.79 Å². The molecule has 0 bridgehead atoms. The van der Waals surface area contributed by atoms with Gasteiger partial charge >= 0.3 is 12.0 Å². The topological polar surface area (TPSA) is 125 Å². The third-order valence-electron chi connectivity index (χ3n) is 2.35. The number of hydrogen-bond acceptors (Lipinski definition) is 4. The molecule has 0 atom stereocenters. The first-order chi connectivity index (χ1) is 8.69. The van der Waals surface area contributed by atoms with Crippen LogP contribution in [0.2, 0.25) is 0 Å². The zero-order valence-corrected chi connectivity index (χ0v) is 11.2. The van der Waals surface area contributed by atoms with Crippen LogP contribution < -0.4 is 16.0 Å². The van der Waals surface area contributed by atoms with E-state index >= 15 is 0 Å². The largest absolute Gasteiger partial charge is 0.481 e. The number of rotatable bonds is 6. The van der Waals surface area contributed by atoms with Gasteiger partial charge in [0.1, 0.15) is 0 Å². The molecule has 19 heavy (non-hydrogen) atoms. The molecule has 4 N–H and O–H groups in total. The highest BCUT2D eigenvalue weighted by Gasteiger charge is 2.27. The summed E-state index contributed by atoms with van der Waals surface area (Å²) in [7, 11) is 1.49. The Morgan fingerprint density at radius 3 is 2.16 bits per heavy atom. The van der Waals surface area contributed by atoms with E-state index in [1.807, 2.05) is 5.32 Å². The zero-order valence-electron chi connectivity index (χ0n) is 11.2. The zero-order chi connectivity index (χ0) is 15.1. The highest BCUT2D eigenvalue weighted by atomic mass is 16.4. The Morgan fingerprint density at radius 1 is 1.11 bits per heavy atom. The van der Waals surface area contributed by atoms with Crippen molar-refractivity contribution in [2.24, 2.45) is 5.41 Å². The van der Waals surface area contributed by atoms with Crippen molar-refractivity contribution in [1.82, 2.24) is 16.0 Å². The number of nitrogens with one attached hydrogen (secondary N) is 3. The van der Waals surface area contributed by atoms with Crippen LogP contribution in [0.25, 0.3) is 0 Å². The highest BCUT2D eigenvalue weighted by Crippen LogP contribution is 2.12. The monoisotopic (exact) mass is 273 g/mol. The van der Waals surface area contributed by atoms with E-state index in [9.17, 15) is 19.2 Å². The first kappa shape index (κ1) is 16.9. The number of imide groups is 1. The summed E-state index contributed by atoms with van der Waals surface area (Å²) in [6.07, 6.45) is -0.621. The van der Waals surface area contributed by atoms with E-state index in [-0.39, 0.29) is 25.3 Å². The molecule has 0 saturated carbocycles. The van der Waals surface area contributed by atoms with E-state index < -0.39 is 23.3 Å². The Labute approximate surface area is 110 Å². The second-order valence-corrected chi connectivity index (χ2v) is 4.59. The summed E-state index contributed by atoms with van der Waals surface area (Å²) in [6, 6.07) is -0.757. The number of carbonyl (C=O) groups excluding carboxylic acids is 3. The summed E-state index contributed by atoms with van der Waals surface area (Å²) in [6.45, 7) is 3.32. The van der Waals surface area contributed by atoms with E-state index in [2.05, 4.69) is 10.6 Å². The van der Waals surface area contributed by atoms with Gasteiger partial charge in [-0.1, -0.05) is 0 Å². The average molecular weight is 273 g/mol. The second kappa shape index (κ2) is 7.34. The maximum absolute atomic E-state index is 11.4. The second-order valence-electron chi connectivity index (χ2n) is 4.59. The van der Waals surface area contributed by atoms with Crippen LogP contribution in [0.1, 0.15) is 26.7 Å². The molecule has 0 heterocycles. The molecule has 0 aromatic rings. The van der Waals surface area contributed by atoms with Crippen LogP contribution in [0.5, 0.6) is 0 Å². The standard InChI is InChI=1S/C11H19N3O5/c1-11(2,9(18)12-3)6-13-10(19)14-7(15)4-5-8(16)17/h4-6H2,1-3H3,(H,12,18)(H,16,17)(H2,13,14,15,19). The maximum atomic E-state index is 11.4. The molecule has 108 valence electrons. The molecule has 0 radical (unpaired) electrons. The first-order valence-electron chi connectivity index (χ1n) is 5.70. The van der Waals surface area contributed by atoms with Gasteiger partial charge in [-0.3, -0.25) is 19.7 Å². The third-order valence-corrected chi connectivity index (χ3v) is 2.35. The van der Waals surface area contributed by atoms with Crippen molar-refractivity contribution in [3.8, 4) is 0 Å². The van der Waals surface area contributed by atoms with Crippen molar-refractivity contribution in [1.29, 1.82) is 0 Å². The van der Waals surface area contributed by atoms with Gasteiger partial charge in [0, 0.05) is 20.0 Å². The van der Waals surface area contributed by atoms with Gasteiger partial charge in [-0.2, -0.15) is 0 Å². The molecule has 0 aromatic carbocycles. The maximum Gasteiger partial charge on any atom is 0.321 e. The van der Waals surface area contributed by atoms with Gasteiger partial charge in [-0.15, -0.1) is 0 Å². The predicted molar refractivity (Wildman–Crippen MR) is 66.3 cm³/mol. The van der Waals surface area contributed by atoms with Crippen molar-refractivity contribution in [2.75, 3.05) is 13.6 Å². The molecule has 0 aliphatic carbocycles.